The quantitative estimate of drug-likeness (QED) is 0.675. The summed E-state index contributed by atoms with van der Waals surface area (Å²) in [5, 5.41) is 4.67. The number of sulfonamides is 1. The largest absolute Gasteiger partial charge is 0.347 e. The highest BCUT2D eigenvalue weighted by Crippen LogP contribution is 2.20. The Kier molecular flexibility index (Phi) is 5.34. The molecule has 3 aromatic rings. The summed E-state index contributed by atoms with van der Waals surface area (Å²) in [6.07, 6.45) is 0. The molecule has 8 heteroatoms. The van der Waals surface area contributed by atoms with Crippen molar-refractivity contribution in [3.05, 3.63) is 82.3 Å². The standard InChI is InChI=1S/C18H15FN2O3S2/c19-13-7-9-15(10-8-13)26(23,24)21-17-6-2-1-5-16(17)18(22)20-12-14-4-3-11-25-14/h1-11,21H,12H2,(H,20,22). The van der Waals surface area contributed by atoms with Gasteiger partial charge in [-0.05, 0) is 47.8 Å². The minimum atomic E-state index is -3.94. The number of benzene rings is 2. The second-order valence-electron chi connectivity index (χ2n) is 5.37. The zero-order valence-corrected chi connectivity index (χ0v) is 15.1. The second kappa shape index (κ2) is 7.67. The lowest BCUT2D eigenvalue weighted by atomic mass is 10.1. The maximum Gasteiger partial charge on any atom is 0.261 e. The molecular weight excluding hydrogens is 375 g/mol. The van der Waals surface area contributed by atoms with Gasteiger partial charge in [0.1, 0.15) is 5.82 Å². The molecule has 3 rings (SSSR count). The number of amides is 1. The number of hydrogen-bond acceptors (Lipinski definition) is 4. The Balaban J connectivity index is 1.80. The Morgan fingerprint density at radius 3 is 2.42 bits per heavy atom. The SMILES string of the molecule is O=C(NCc1cccs1)c1ccccc1NS(=O)(=O)c1ccc(F)cc1. The van der Waals surface area contributed by atoms with E-state index >= 15 is 0 Å². The summed E-state index contributed by atoms with van der Waals surface area (Å²) in [5.41, 5.74) is 0.357. The number of carbonyl (C=O) groups is 1. The highest BCUT2D eigenvalue weighted by Gasteiger charge is 2.18. The molecule has 1 amide bonds. The van der Waals surface area contributed by atoms with E-state index in [0.29, 0.717) is 6.54 Å². The van der Waals surface area contributed by atoms with Crippen LogP contribution in [-0.2, 0) is 16.6 Å². The van der Waals surface area contributed by atoms with Crippen molar-refractivity contribution >= 4 is 33.0 Å². The van der Waals surface area contributed by atoms with Crippen molar-refractivity contribution in [2.24, 2.45) is 0 Å². The molecule has 26 heavy (non-hydrogen) atoms. The third-order valence-electron chi connectivity index (χ3n) is 3.54. The van der Waals surface area contributed by atoms with Crippen LogP contribution in [-0.4, -0.2) is 14.3 Å². The molecule has 0 fully saturated rings. The first-order valence-corrected chi connectivity index (χ1v) is 10.00. The zero-order chi connectivity index (χ0) is 18.6. The molecule has 0 aliphatic heterocycles. The molecule has 1 heterocycles. The first kappa shape index (κ1) is 18.1. The summed E-state index contributed by atoms with van der Waals surface area (Å²) in [7, 11) is -3.94. The van der Waals surface area contributed by atoms with Gasteiger partial charge in [0.15, 0.2) is 0 Å². The van der Waals surface area contributed by atoms with Gasteiger partial charge in [-0.25, -0.2) is 12.8 Å². The molecule has 0 saturated carbocycles. The number of nitrogens with one attached hydrogen (secondary N) is 2. The number of hydrogen-bond donors (Lipinski definition) is 2. The lowest BCUT2D eigenvalue weighted by Gasteiger charge is -2.12. The van der Waals surface area contributed by atoms with E-state index in [4.69, 9.17) is 0 Å². The van der Waals surface area contributed by atoms with Gasteiger partial charge in [-0.1, -0.05) is 18.2 Å². The van der Waals surface area contributed by atoms with E-state index in [-0.39, 0.29) is 16.1 Å². The fourth-order valence-corrected chi connectivity index (χ4v) is 3.99. The van der Waals surface area contributed by atoms with E-state index < -0.39 is 21.7 Å². The molecule has 0 atom stereocenters. The van der Waals surface area contributed by atoms with Crippen LogP contribution in [0.2, 0.25) is 0 Å². The monoisotopic (exact) mass is 390 g/mol. The maximum atomic E-state index is 13.0. The van der Waals surface area contributed by atoms with Gasteiger partial charge in [-0.15, -0.1) is 11.3 Å². The maximum absolute atomic E-state index is 13.0. The molecule has 5 nitrogen and oxygen atoms in total. The minimum Gasteiger partial charge on any atom is -0.347 e. The number of anilines is 1. The Hall–Kier alpha value is -2.71. The van der Waals surface area contributed by atoms with E-state index in [1.165, 1.54) is 23.5 Å². The lowest BCUT2D eigenvalue weighted by Crippen LogP contribution is -2.24. The Morgan fingerprint density at radius 1 is 1.00 bits per heavy atom. The third kappa shape index (κ3) is 4.27. The van der Waals surface area contributed by atoms with Gasteiger partial charge in [-0.3, -0.25) is 9.52 Å². The van der Waals surface area contributed by atoms with Gasteiger partial charge in [0.25, 0.3) is 15.9 Å². The van der Waals surface area contributed by atoms with Crippen LogP contribution in [0.5, 0.6) is 0 Å². The van der Waals surface area contributed by atoms with Crippen molar-refractivity contribution < 1.29 is 17.6 Å². The first-order valence-electron chi connectivity index (χ1n) is 7.64. The van der Waals surface area contributed by atoms with Crippen molar-refractivity contribution in [3.8, 4) is 0 Å². The average molecular weight is 390 g/mol. The molecule has 0 bridgehead atoms. The molecule has 134 valence electrons. The zero-order valence-electron chi connectivity index (χ0n) is 13.5. The molecule has 0 aliphatic rings. The van der Waals surface area contributed by atoms with Crippen LogP contribution in [0.4, 0.5) is 10.1 Å². The Labute approximate surface area is 154 Å². The van der Waals surface area contributed by atoms with Crippen molar-refractivity contribution in [2.45, 2.75) is 11.4 Å². The lowest BCUT2D eigenvalue weighted by molar-refractivity contribution is 0.0952. The fourth-order valence-electron chi connectivity index (χ4n) is 2.26. The van der Waals surface area contributed by atoms with Crippen molar-refractivity contribution in [1.82, 2.24) is 5.32 Å². The molecule has 1 aromatic heterocycles. The highest BCUT2D eigenvalue weighted by atomic mass is 32.2. The van der Waals surface area contributed by atoms with Crippen LogP contribution in [0.3, 0.4) is 0 Å². The van der Waals surface area contributed by atoms with Gasteiger partial charge in [0.2, 0.25) is 0 Å². The van der Waals surface area contributed by atoms with E-state index in [1.54, 1.807) is 12.1 Å². The van der Waals surface area contributed by atoms with Crippen molar-refractivity contribution in [3.63, 3.8) is 0 Å². The van der Waals surface area contributed by atoms with Crippen LogP contribution >= 0.6 is 11.3 Å². The van der Waals surface area contributed by atoms with Crippen molar-refractivity contribution in [2.75, 3.05) is 4.72 Å². The summed E-state index contributed by atoms with van der Waals surface area (Å²) in [5.74, 6) is -0.923. The normalized spacial score (nSPS) is 11.1. The summed E-state index contributed by atoms with van der Waals surface area (Å²) < 4.78 is 40.3. The predicted molar refractivity (Wildman–Crippen MR) is 99.1 cm³/mol. The number of thiophene rings is 1. The molecular formula is C18H15FN2O3S2. The highest BCUT2D eigenvalue weighted by molar-refractivity contribution is 7.92. The number of carbonyl (C=O) groups excluding carboxylic acids is 1. The van der Waals surface area contributed by atoms with Crippen molar-refractivity contribution in [1.29, 1.82) is 0 Å². The van der Waals surface area contributed by atoms with Crippen LogP contribution in [0, 0.1) is 5.82 Å². The van der Waals surface area contributed by atoms with Gasteiger partial charge in [0.05, 0.1) is 22.7 Å². The molecule has 0 unspecified atom stereocenters. The number of para-hydroxylation sites is 1. The topological polar surface area (TPSA) is 75.3 Å². The van der Waals surface area contributed by atoms with E-state index in [0.717, 1.165) is 29.1 Å². The van der Waals surface area contributed by atoms with Crippen LogP contribution < -0.4 is 10.0 Å². The Morgan fingerprint density at radius 2 is 1.73 bits per heavy atom. The van der Waals surface area contributed by atoms with E-state index in [1.807, 2.05) is 17.5 Å². The first-order chi connectivity index (χ1) is 12.5. The molecule has 0 spiro atoms. The van der Waals surface area contributed by atoms with Crippen LogP contribution in [0.15, 0.2) is 70.9 Å². The summed E-state index contributed by atoms with van der Waals surface area (Å²) in [4.78, 5) is 13.3. The molecule has 0 radical (unpaired) electrons. The van der Waals surface area contributed by atoms with Crippen LogP contribution in [0.25, 0.3) is 0 Å². The number of halogens is 1. The second-order valence-corrected chi connectivity index (χ2v) is 8.08. The third-order valence-corrected chi connectivity index (χ3v) is 5.80. The summed E-state index contributed by atoms with van der Waals surface area (Å²) in [6, 6.07) is 14.5. The van der Waals surface area contributed by atoms with Gasteiger partial charge in [-0.2, -0.15) is 0 Å². The molecule has 2 N–H and O–H groups in total. The molecule has 2 aromatic carbocycles. The van der Waals surface area contributed by atoms with Gasteiger partial charge in [0, 0.05) is 4.88 Å². The molecule has 0 saturated heterocycles. The Bertz CT molecular complexity index is 1000. The van der Waals surface area contributed by atoms with Gasteiger partial charge >= 0.3 is 0 Å². The van der Waals surface area contributed by atoms with E-state index in [9.17, 15) is 17.6 Å². The van der Waals surface area contributed by atoms with Gasteiger partial charge < -0.3 is 5.32 Å². The average Bonchev–Trinajstić information content (AvgIpc) is 3.14. The fraction of sp³-hybridized carbons (Fsp3) is 0.0556. The molecule has 0 aliphatic carbocycles. The smallest absolute Gasteiger partial charge is 0.261 e. The minimum absolute atomic E-state index is 0.0901. The predicted octanol–water partition coefficient (Wildman–Crippen LogP) is 3.62. The van der Waals surface area contributed by atoms with Crippen LogP contribution in [0.1, 0.15) is 15.2 Å². The van der Waals surface area contributed by atoms with E-state index in [2.05, 4.69) is 10.0 Å². The summed E-state index contributed by atoms with van der Waals surface area (Å²) >= 11 is 1.52. The number of rotatable bonds is 6. The summed E-state index contributed by atoms with van der Waals surface area (Å²) in [6.45, 7) is 0.357.